The lowest BCUT2D eigenvalue weighted by atomic mass is 9.67. The first-order valence-electron chi connectivity index (χ1n) is 7.32. The first-order valence-corrected chi connectivity index (χ1v) is 7.32. The third kappa shape index (κ3) is 3.04. The lowest BCUT2D eigenvalue weighted by Crippen LogP contribution is -2.55. The standard InChI is InChI=1S/C14H27N3O/c1-9(8-16-2)14(18)17-13-10-4-3-5-11(13)7-12(15)6-10/h9-13,16H,3-8,15H2,1-2H3,(H,17,18). The van der Waals surface area contributed by atoms with Crippen molar-refractivity contribution >= 4 is 5.91 Å². The fourth-order valence-corrected chi connectivity index (χ4v) is 3.73. The van der Waals surface area contributed by atoms with Crippen LogP contribution < -0.4 is 16.4 Å². The van der Waals surface area contributed by atoms with Crippen molar-refractivity contribution in [3.05, 3.63) is 0 Å². The van der Waals surface area contributed by atoms with Crippen molar-refractivity contribution in [2.24, 2.45) is 23.5 Å². The second-order valence-corrected chi connectivity index (χ2v) is 6.18. The minimum absolute atomic E-state index is 0.0475. The van der Waals surface area contributed by atoms with Gasteiger partial charge < -0.3 is 16.4 Å². The number of nitrogens with one attached hydrogen (secondary N) is 2. The summed E-state index contributed by atoms with van der Waals surface area (Å²) in [6, 6.07) is 0.730. The molecule has 3 unspecified atom stereocenters. The molecule has 0 aromatic carbocycles. The van der Waals surface area contributed by atoms with Crippen LogP contribution in [0.3, 0.4) is 0 Å². The summed E-state index contributed by atoms with van der Waals surface area (Å²) in [5.41, 5.74) is 6.10. The SMILES string of the molecule is CNCC(C)C(=O)NC1C2CCCC1CC(N)C2. The molecule has 0 aliphatic heterocycles. The summed E-state index contributed by atoms with van der Waals surface area (Å²) in [4.78, 5) is 12.1. The predicted octanol–water partition coefficient (Wildman–Crippen LogP) is 0.864. The van der Waals surface area contributed by atoms with Gasteiger partial charge in [0.25, 0.3) is 0 Å². The zero-order chi connectivity index (χ0) is 13.1. The summed E-state index contributed by atoms with van der Waals surface area (Å²) in [5.74, 6) is 1.46. The van der Waals surface area contributed by atoms with E-state index >= 15 is 0 Å². The van der Waals surface area contributed by atoms with Crippen LogP contribution in [-0.2, 0) is 4.79 Å². The molecule has 2 saturated carbocycles. The molecular weight excluding hydrogens is 226 g/mol. The summed E-state index contributed by atoms with van der Waals surface area (Å²) >= 11 is 0. The maximum atomic E-state index is 12.1. The smallest absolute Gasteiger partial charge is 0.224 e. The largest absolute Gasteiger partial charge is 0.353 e. The van der Waals surface area contributed by atoms with Gasteiger partial charge in [-0.15, -0.1) is 0 Å². The minimum Gasteiger partial charge on any atom is -0.353 e. The van der Waals surface area contributed by atoms with E-state index in [9.17, 15) is 4.79 Å². The highest BCUT2D eigenvalue weighted by molar-refractivity contribution is 5.78. The molecule has 2 aliphatic carbocycles. The van der Waals surface area contributed by atoms with Crippen molar-refractivity contribution in [1.29, 1.82) is 0 Å². The number of carbonyl (C=O) groups excluding carboxylic acids is 1. The van der Waals surface area contributed by atoms with E-state index in [1.54, 1.807) is 0 Å². The van der Waals surface area contributed by atoms with Crippen molar-refractivity contribution in [2.75, 3.05) is 13.6 Å². The van der Waals surface area contributed by atoms with Crippen LogP contribution >= 0.6 is 0 Å². The lowest BCUT2D eigenvalue weighted by molar-refractivity contribution is -0.126. The molecule has 3 atom stereocenters. The molecular formula is C14H27N3O. The fourth-order valence-electron chi connectivity index (χ4n) is 3.73. The molecule has 4 N–H and O–H groups in total. The summed E-state index contributed by atoms with van der Waals surface area (Å²) in [7, 11) is 1.89. The number of carbonyl (C=O) groups is 1. The summed E-state index contributed by atoms with van der Waals surface area (Å²) < 4.78 is 0. The Bertz CT molecular complexity index is 281. The number of hydrogen-bond donors (Lipinski definition) is 3. The van der Waals surface area contributed by atoms with Crippen LogP contribution in [0.4, 0.5) is 0 Å². The molecule has 4 heteroatoms. The average Bonchev–Trinajstić information content (AvgIpc) is 2.30. The Labute approximate surface area is 110 Å². The highest BCUT2D eigenvalue weighted by atomic mass is 16.1. The normalized spacial score (nSPS) is 37.1. The zero-order valence-electron chi connectivity index (χ0n) is 11.6. The van der Waals surface area contributed by atoms with E-state index in [1.165, 1.54) is 19.3 Å². The maximum Gasteiger partial charge on any atom is 0.224 e. The minimum atomic E-state index is 0.0475. The van der Waals surface area contributed by atoms with Gasteiger partial charge in [0.2, 0.25) is 5.91 Å². The van der Waals surface area contributed by atoms with Crippen molar-refractivity contribution in [1.82, 2.24) is 10.6 Å². The number of hydrogen-bond acceptors (Lipinski definition) is 3. The lowest BCUT2D eigenvalue weighted by Gasteiger charge is -2.45. The van der Waals surface area contributed by atoms with E-state index in [1.807, 2.05) is 14.0 Å². The molecule has 2 aliphatic rings. The van der Waals surface area contributed by atoms with Gasteiger partial charge in [0.05, 0.1) is 0 Å². The Morgan fingerprint density at radius 3 is 2.50 bits per heavy atom. The molecule has 0 spiro atoms. The fraction of sp³-hybridized carbons (Fsp3) is 0.929. The number of rotatable bonds is 4. The van der Waals surface area contributed by atoms with Gasteiger partial charge in [0.1, 0.15) is 0 Å². The van der Waals surface area contributed by atoms with Gasteiger partial charge in [-0.25, -0.2) is 0 Å². The van der Waals surface area contributed by atoms with Crippen molar-refractivity contribution in [3.63, 3.8) is 0 Å². The van der Waals surface area contributed by atoms with Crippen LogP contribution in [0.5, 0.6) is 0 Å². The van der Waals surface area contributed by atoms with E-state index in [0.29, 0.717) is 23.9 Å². The third-order valence-electron chi connectivity index (χ3n) is 4.64. The molecule has 0 heterocycles. The quantitative estimate of drug-likeness (QED) is 0.696. The molecule has 104 valence electrons. The highest BCUT2D eigenvalue weighted by Crippen LogP contribution is 2.39. The van der Waals surface area contributed by atoms with Crippen LogP contribution in [-0.4, -0.2) is 31.6 Å². The molecule has 0 aromatic heterocycles. The molecule has 2 fully saturated rings. The average molecular weight is 253 g/mol. The van der Waals surface area contributed by atoms with Crippen LogP contribution in [0.2, 0.25) is 0 Å². The van der Waals surface area contributed by atoms with Crippen LogP contribution in [0.1, 0.15) is 39.0 Å². The van der Waals surface area contributed by atoms with E-state index in [-0.39, 0.29) is 11.8 Å². The number of amides is 1. The first-order chi connectivity index (χ1) is 8.61. The van der Waals surface area contributed by atoms with E-state index in [4.69, 9.17) is 5.73 Å². The molecule has 0 aromatic rings. The predicted molar refractivity (Wildman–Crippen MR) is 73.1 cm³/mol. The van der Waals surface area contributed by atoms with Gasteiger partial charge in [-0.3, -0.25) is 4.79 Å². The summed E-state index contributed by atoms with van der Waals surface area (Å²) in [6.45, 7) is 2.73. The summed E-state index contributed by atoms with van der Waals surface area (Å²) in [6.07, 6.45) is 5.94. The maximum absolute atomic E-state index is 12.1. The highest BCUT2D eigenvalue weighted by Gasteiger charge is 2.40. The second kappa shape index (κ2) is 6.02. The van der Waals surface area contributed by atoms with E-state index in [2.05, 4.69) is 10.6 Å². The van der Waals surface area contributed by atoms with Gasteiger partial charge in [-0.2, -0.15) is 0 Å². The van der Waals surface area contributed by atoms with E-state index < -0.39 is 0 Å². The number of fused-ring (bicyclic) bond motifs is 2. The van der Waals surface area contributed by atoms with Gasteiger partial charge in [0, 0.05) is 24.5 Å². The second-order valence-electron chi connectivity index (χ2n) is 6.18. The molecule has 1 amide bonds. The van der Waals surface area contributed by atoms with Crippen LogP contribution in [0, 0.1) is 17.8 Å². The zero-order valence-corrected chi connectivity index (χ0v) is 11.6. The molecule has 2 rings (SSSR count). The van der Waals surface area contributed by atoms with Gasteiger partial charge >= 0.3 is 0 Å². The van der Waals surface area contributed by atoms with Crippen molar-refractivity contribution in [3.8, 4) is 0 Å². The van der Waals surface area contributed by atoms with Crippen LogP contribution in [0.15, 0.2) is 0 Å². The van der Waals surface area contributed by atoms with Gasteiger partial charge in [-0.05, 0) is 44.6 Å². The first kappa shape index (κ1) is 13.8. The molecule has 2 bridgehead atoms. The van der Waals surface area contributed by atoms with Gasteiger partial charge in [0.15, 0.2) is 0 Å². The number of nitrogens with two attached hydrogens (primary N) is 1. The Balaban J connectivity index is 1.94. The molecule has 0 radical (unpaired) electrons. The monoisotopic (exact) mass is 253 g/mol. The third-order valence-corrected chi connectivity index (χ3v) is 4.64. The Kier molecular flexibility index (Phi) is 4.62. The Hall–Kier alpha value is -0.610. The molecule has 4 nitrogen and oxygen atoms in total. The van der Waals surface area contributed by atoms with Crippen molar-refractivity contribution in [2.45, 2.75) is 51.1 Å². The van der Waals surface area contributed by atoms with E-state index in [0.717, 1.165) is 19.4 Å². The molecule has 0 saturated heterocycles. The molecule has 18 heavy (non-hydrogen) atoms. The topological polar surface area (TPSA) is 67.2 Å². The Morgan fingerprint density at radius 1 is 1.33 bits per heavy atom. The van der Waals surface area contributed by atoms with Gasteiger partial charge in [-0.1, -0.05) is 13.3 Å². The Morgan fingerprint density at radius 2 is 1.94 bits per heavy atom. The summed E-state index contributed by atoms with van der Waals surface area (Å²) in [5, 5.41) is 6.35. The van der Waals surface area contributed by atoms with Crippen LogP contribution in [0.25, 0.3) is 0 Å². The van der Waals surface area contributed by atoms with Crippen molar-refractivity contribution < 1.29 is 4.79 Å².